The molecule has 0 saturated carbocycles. The second kappa shape index (κ2) is 7.77. The van der Waals surface area contributed by atoms with Crippen molar-refractivity contribution in [2.24, 2.45) is 0 Å². The fraction of sp³-hybridized carbons (Fsp3) is 0.300. The Bertz CT molecular complexity index is 808. The number of amides is 1. The van der Waals surface area contributed by atoms with Crippen molar-refractivity contribution in [3.05, 3.63) is 66.0 Å². The fourth-order valence-electron chi connectivity index (χ4n) is 2.90. The van der Waals surface area contributed by atoms with E-state index in [1.807, 2.05) is 31.2 Å². The van der Waals surface area contributed by atoms with Crippen LogP contribution in [0.5, 0.6) is 0 Å². The lowest BCUT2D eigenvalue weighted by Crippen LogP contribution is -2.26. The maximum Gasteiger partial charge on any atom is 0.219 e. The molecule has 2 aromatic carbocycles. The van der Waals surface area contributed by atoms with Gasteiger partial charge in [0.15, 0.2) is 0 Å². The molecule has 3 aromatic rings. The first kappa shape index (κ1) is 16.2. The summed E-state index contributed by atoms with van der Waals surface area (Å²) in [5.74, 6) is 1.16. The van der Waals surface area contributed by atoms with Gasteiger partial charge in [0.1, 0.15) is 5.82 Å². The molecule has 0 aliphatic carbocycles. The molecule has 124 valence electrons. The van der Waals surface area contributed by atoms with Gasteiger partial charge in [-0.05, 0) is 24.1 Å². The van der Waals surface area contributed by atoms with Gasteiger partial charge in [0.2, 0.25) is 5.91 Å². The van der Waals surface area contributed by atoms with Crippen LogP contribution in [0, 0.1) is 0 Å². The molecule has 1 amide bonds. The van der Waals surface area contributed by atoms with Crippen molar-refractivity contribution in [3.8, 4) is 0 Å². The van der Waals surface area contributed by atoms with Crippen LogP contribution >= 0.6 is 0 Å². The lowest BCUT2D eigenvalue weighted by atomic mass is 10.1. The molecule has 24 heavy (non-hydrogen) atoms. The number of carbonyl (C=O) groups is 1. The van der Waals surface area contributed by atoms with E-state index in [0.717, 1.165) is 36.2 Å². The molecule has 0 spiro atoms. The first-order chi connectivity index (χ1) is 11.8. The number of aromatic nitrogens is 2. The van der Waals surface area contributed by atoms with E-state index < -0.39 is 0 Å². The Morgan fingerprint density at radius 2 is 1.79 bits per heavy atom. The minimum absolute atomic E-state index is 0.0882. The molecule has 0 aliphatic heterocycles. The number of aryl methyl sites for hydroxylation is 2. The van der Waals surface area contributed by atoms with Crippen molar-refractivity contribution in [1.82, 2.24) is 14.9 Å². The van der Waals surface area contributed by atoms with Crippen molar-refractivity contribution in [3.63, 3.8) is 0 Å². The summed E-state index contributed by atoms with van der Waals surface area (Å²) in [4.78, 5) is 16.3. The Kier molecular flexibility index (Phi) is 5.26. The second-order valence-corrected chi connectivity index (χ2v) is 5.86. The van der Waals surface area contributed by atoms with Crippen molar-refractivity contribution in [2.45, 2.75) is 32.7 Å². The van der Waals surface area contributed by atoms with E-state index >= 15 is 0 Å². The quantitative estimate of drug-likeness (QED) is 0.725. The number of hydrogen-bond donors (Lipinski definition) is 1. The Balaban J connectivity index is 1.78. The van der Waals surface area contributed by atoms with Crippen LogP contribution in [0.3, 0.4) is 0 Å². The van der Waals surface area contributed by atoms with Gasteiger partial charge in [-0.15, -0.1) is 0 Å². The van der Waals surface area contributed by atoms with E-state index in [2.05, 4.69) is 40.2 Å². The Labute approximate surface area is 142 Å². The molecule has 0 unspecified atom stereocenters. The first-order valence-corrected chi connectivity index (χ1v) is 8.52. The van der Waals surface area contributed by atoms with Crippen molar-refractivity contribution >= 4 is 16.9 Å². The average molecular weight is 321 g/mol. The average Bonchev–Trinajstić information content (AvgIpc) is 2.98. The number of benzene rings is 2. The lowest BCUT2D eigenvalue weighted by Gasteiger charge is -2.10. The molecule has 0 radical (unpaired) electrons. The smallest absolute Gasteiger partial charge is 0.219 e. The summed E-state index contributed by atoms with van der Waals surface area (Å²) in [5.41, 5.74) is 3.46. The van der Waals surface area contributed by atoms with Crippen LogP contribution in [0.15, 0.2) is 54.6 Å². The molecule has 3 rings (SSSR count). The number of rotatable bonds is 7. The summed E-state index contributed by atoms with van der Waals surface area (Å²) in [7, 11) is 0. The van der Waals surface area contributed by atoms with Crippen LogP contribution in [0.25, 0.3) is 11.0 Å². The molecular formula is C20H23N3O. The molecule has 0 bridgehead atoms. The number of carbonyl (C=O) groups excluding carboxylic acids is 1. The Hall–Kier alpha value is -2.62. The number of imidazole rings is 1. The number of hydrogen-bond acceptors (Lipinski definition) is 2. The van der Waals surface area contributed by atoms with Crippen LogP contribution < -0.4 is 5.32 Å². The Morgan fingerprint density at radius 1 is 1.04 bits per heavy atom. The van der Waals surface area contributed by atoms with Gasteiger partial charge in [0, 0.05) is 25.9 Å². The monoisotopic (exact) mass is 321 g/mol. The molecule has 1 N–H and O–H groups in total. The minimum Gasteiger partial charge on any atom is -0.354 e. The van der Waals surface area contributed by atoms with Crippen molar-refractivity contribution in [2.75, 3.05) is 6.54 Å². The summed E-state index contributed by atoms with van der Waals surface area (Å²) < 4.78 is 2.23. The highest BCUT2D eigenvalue weighted by molar-refractivity contribution is 5.76. The van der Waals surface area contributed by atoms with Gasteiger partial charge < -0.3 is 9.88 Å². The highest BCUT2D eigenvalue weighted by Gasteiger charge is 2.10. The zero-order chi connectivity index (χ0) is 16.8. The molecular weight excluding hydrogens is 298 g/mol. The number of para-hydroxylation sites is 2. The summed E-state index contributed by atoms with van der Waals surface area (Å²) in [6.07, 6.45) is 2.37. The molecule has 0 aliphatic rings. The summed E-state index contributed by atoms with van der Waals surface area (Å²) >= 11 is 0. The van der Waals surface area contributed by atoms with Gasteiger partial charge in [0.25, 0.3) is 0 Å². The van der Waals surface area contributed by atoms with Crippen LogP contribution in [0.4, 0.5) is 0 Å². The fourth-order valence-corrected chi connectivity index (χ4v) is 2.90. The van der Waals surface area contributed by atoms with Gasteiger partial charge in [-0.3, -0.25) is 4.79 Å². The molecule has 4 heteroatoms. The Morgan fingerprint density at radius 3 is 2.58 bits per heavy atom. The minimum atomic E-state index is 0.0882. The normalized spacial score (nSPS) is 10.9. The third-order valence-corrected chi connectivity index (χ3v) is 4.19. The van der Waals surface area contributed by atoms with Crippen LogP contribution in [0.2, 0.25) is 0 Å². The van der Waals surface area contributed by atoms with Crippen molar-refractivity contribution in [1.29, 1.82) is 0 Å². The highest BCUT2D eigenvalue weighted by atomic mass is 16.1. The van der Waals surface area contributed by atoms with Crippen molar-refractivity contribution < 1.29 is 4.79 Å². The topological polar surface area (TPSA) is 46.9 Å². The molecule has 1 aromatic heterocycles. The van der Waals surface area contributed by atoms with Gasteiger partial charge >= 0.3 is 0 Å². The zero-order valence-corrected chi connectivity index (χ0v) is 14.0. The predicted molar refractivity (Wildman–Crippen MR) is 96.9 cm³/mol. The van der Waals surface area contributed by atoms with E-state index in [4.69, 9.17) is 4.98 Å². The number of nitrogens with zero attached hydrogens (tertiary/aromatic N) is 2. The number of fused-ring (bicyclic) bond motifs is 1. The van der Waals surface area contributed by atoms with E-state index in [9.17, 15) is 4.79 Å². The van der Waals surface area contributed by atoms with Gasteiger partial charge in [-0.25, -0.2) is 4.98 Å². The van der Waals surface area contributed by atoms with Gasteiger partial charge in [-0.1, -0.05) is 49.4 Å². The first-order valence-electron chi connectivity index (χ1n) is 8.52. The van der Waals surface area contributed by atoms with E-state index in [1.165, 1.54) is 5.56 Å². The molecule has 4 nitrogen and oxygen atoms in total. The zero-order valence-electron chi connectivity index (χ0n) is 14.0. The standard InChI is InChI=1S/C20H23N3O/c1-2-20(24)21-14-15-23-18-11-7-6-10-17(18)22-19(23)13-12-16-8-4-3-5-9-16/h3-11H,2,12-15H2,1H3,(H,21,24). The summed E-state index contributed by atoms with van der Waals surface area (Å²) in [6, 6.07) is 18.7. The van der Waals surface area contributed by atoms with E-state index in [1.54, 1.807) is 0 Å². The summed E-state index contributed by atoms with van der Waals surface area (Å²) in [5, 5.41) is 2.95. The largest absolute Gasteiger partial charge is 0.354 e. The molecule has 0 fully saturated rings. The van der Waals surface area contributed by atoms with Gasteiger partial charge in [0.05, 0.1) is 11.0 Å². The third-order valence-electron chi connectivity index (χ3n) is 4.19. The van der Waals surface area contributed by atoms with Crippen LogP contribution in [0.1, 0.15) is 24.7 Å². The second-order valence-electron chi connectivity index (χ2n) is 5.86. The predicted octanol–water partition coefficient (Wildman–Crippen LogP) is 3.35. The molecule has 0 atom stereocenters. The maximum absolute atomic E-state index is 11.5. The van der Waals surface area contributed by atoms with Crippen LogP contribution in [-0.2, 0) is 24.2 Å². The van der Waals surface area contributed by atoms with E-state index in [-0.39, 0.29) is 5.91 Å². The SMILES string of the molecule is CCC(=O)NCCn1c(CCc2ccccc2)nc2ccccc21. The number of nitrogens with one attached hydrogen (secondary N) is 1. The molecule has 1 heterocycles. The van der Waals surface area contributed by atoms with Crippen LogP contribution in [-0.4, -0.2) is 22.0 Å². The highest BCUT2D eigenvalue weighted by Crippen LogP contribution is 2.17. The van der Waals surface area contributed by atoms with Gasteiger partial charge in [-0.2, -0.15) is 0 Å². The summed E-state index contributed by atoms with van der Waals surface area (Å²) in [6.45, 7) is 3.25. The molecule has 0 saturated heterocycles. The lowest BCUT2D eigenvalue weighted by molar-refractivity contribution is -0.120. The maximum atomic E-state index is 11.5. The third kappa shape index (κ3) is 3.82. The van der Waals surface area contributed by atoms with E-state index in [0.29, 0.717) is 13.0 Å².